The number of rotatable bonds is 5. The number of aliphatic hydroxyl groups excluding tert-OH is 2. The number of amides is 1. The minimum absolute atomic E-state index is 0.0307. The van der Waals surface area contributed by atoms with Crippen LogP contribution in [0.5, 0.6) is 0 Å². The van der Waals surface area contributed by atoms with Crippen molar-refractivity contribution in [3.63, 3.8) is 0 Å². The van der Waals surface area contributed by atoms with Crippen LogP contribution in [0.4, 0.5) is 5.13 Å². The molecule has 0 aromatic carbocycles. The second-order valence-corrected chi connectivity index (χ2v) is 13.1. The zero-order chi connectivity index (χ0) is 23.4. The van der Waals surface area contributed by atoms with E-state index < -0.39 is 0 Å². The Morgan fingerprint density at radius 2 is 1.91 bits per heavy atom. The van der Waals surface area contributed by atoms with Gasteiger partial charge >= 0.3 is 0 Å². The summed E-state index contributed by atoms with van der Waals surface area (Å²) in [6, 6.07) is 0. The molecule has 0 aliphatic heterocycles. The number of nitrogens with zero attached hydrogens (tertiary/aromatic N) is 2. The van der Waals surface area contributed by atoms with E-state index in [4.69, 9.17) is 0 Å². The molecule has 0 saturated heterocycles. The predicted octanol–water partition coefficient (Wildman–Crippen LogP) is 4.88. The van der Waals surface area contributed by atoms with Crippen molar-refractivity contribution < 1.29 is 15.0 Å². The standard InChI is InChI=1S/C26H41N3O3S/c1-15(4-7-22(32)28-24-29-27-14-33-24)18-5-6-19-23-20(9-11-26(18,19)3)25(2)10-8-17(30)12-16(25)13-21(23)31/h14-21,23,30-31H,4-13H2,1-3H3,(H,28,29,32)/t15-,16+,17-,18-,19+,20+,21+,23+,25+,26-/m1/s1. The summed E-state index contributed by atoms with van der Waals surface area (Å²) < 4.78 is 0. The lowest BCUT2D eigenvalue weighted by Crippen LogP contribution is -2.58. The number of hydrogen-bond acceptors (Lipinski definition) is 6. The molecule has 4 fully saturated rings. The Balaban J connectivity index is 1.26. The summed E-state index contributed by atoms with van der Waals surface area (Å²) in [5.74, 6) is 3.17. The number of anilines is 1. The molecule has 1 aromatic heterocycles. The van der Waals surface area contributed by atoms with E-state index in [1.807, 2.05) is 0 Å². The number of carbonyl (C=O) groups excluding carboxylic acids is 1. The molecule has 0 unspecified atom stereocenters. The van der Waals surface area contributed by atoms with Crippen LogP contribution < -0.4 is 5.32 Å². The summed E-state index contributed by atoms with van der Waals surface area (Å²) >= 11 is 1.35. The average molecular weight is 476 g/mol. The quantitative estimate of drug-likeness (QED) is 0.564. The van der Waals surface area contributed by atoms with Crippen molar-refractivity contribution in [2.45, 2.75) is 97.2 Å². The number of fused-ring (bicyclic) bond motifs is 5. The molecule has 184 valence electrons. The molecule has 3 N–H and O–H groups in total. The molecule has 0 bridgehead atoms. The van der Waals surface area contributed by atoms with Gasteiger partial charge in [0, 0.05) is 6.42 Å². The summed E-state index contributed by atoms with van der Waals surface area (Å²) in [6.45, 7) is 7.30. The van der Waals surface area contributed by atoms with E-state index in [1.54, 1.807) is 5.51 Å². The van der Waals surface area contributed by atoms with Crippen LogP contribution in [0.2, 0.25) is 0 Å². The number of aliphatic hydroxyl groups is 2. The Bertz CT molecular complexity index is 850. The number of hydrogen-bond donors (Lipinski definition) is 3. The third-order valence-electron chi connectivity index (χ3n) is 10.8. The fourth-order valence-electron chi connectivity index (χ4n) is 9.14. The number of carbonyl (C=O) groups is 1. The maximum atomic E-state index is 12.4. The van der Waals surface area contributed by atoms with Gasteiger partial charge in [-0.25, -0.2) is 0 Å². The Hall–Kier alpha value is -1.05. The molecule has 0 radical (unpaired) electrons. The van der Waals surface area contributed by atoms with Crippen LogP contribution in [0, 0.1) is 46.3 Å². The van der Waals surface area contributed by atoms with Crippen molar-refractivity contribution in [2.75, 3.05) is 5.32 Å². The molecule has 10 atom stereocenters. The van der Waals surface area contributed by atoms with E-state index >= 15 is 0 Å². The fourth-order valence-corrected chi connectivity index (χ4v) is 9.61. The van der Waals surface area contributed by atoms with E-state index in [9.17, 15) is 15.0 Å². The number of aromatic nitrogens is 2. The first-order valence-corrected chi connectivity index (χ1v) is 14.0. The summed E-state index contributed by atoms with van der Waals surface area (Å²) in [5, 5.41) is 32.8. The van der Waals surface area contributed by atoms with Crippen molar-refractivity contribution in [2.24, 2.45) is 46.3 Å². The maximum Gasteiger partial charge on any atom is 0.226 e. The second kappa shape index (κ2) is 8.87. The lowest BCUT2D eigenvalue weighted by atomic mass is 9.43. The first kappa shape index (κ1) is 23.7. The van der Waals surface area contributed by atoms with E-state index in [1.165, 1.54) is 37.0 Å². The molecule has 7 heteroatoms. The minimum Gasteiger partial charge on any atom is -0.393 e. The molecule has 0 spiro atoms. The van der Waals surface area contributed by atoms with E-state index in [0.29, 0.717) is 47.1 Å². The van der Waals surface area contributed by atoms with Crippen molar-refractivity contribution in [1.29, 1.82) is 0 Å². The van der Waals surface area contributed by atoms with Crippen LogP contribution in [-0.4, -0.2) is 38.5 Å². The Morgan fingerprint density at radius 1 is 1.15 bits per heavy atom. The SMILES string of the molecule is C[C@H](CCC(=O)Nc1nncs1)[C@H]1CC[C@H]2[C@@H]3[C@@H](O)C[C@@H]4C[C@H](O)CC[C@]4(C)[C@H]3CC[C@]12C. The summed E-state index contributed by atoms with van der Waals surface area (Å²) in [7, 11) is 0. The third-order valence-corrected chi connectivity index (χ3v) is 11.5. The highest BCUT2D eigenvalue weighted by molar-refractivity contribution is 7.13. The second-order valence-electron chi connectivity index (χ2n) is 12.3. The topological polar surface area (TPSA) is 95.3 Å². The highest BCUT2D eigenvalue weighted by Crippen LogP contribution is 2.68. The molecular formula is C26H41N3O3S. The van der Waals surface area contributed by atoms with Crippen molar-refractivity contribution >= 4 is 22.4 Å². The number of nitrogens with one attached hydrogen (secondary N) is 1. The third kappa shape index (κ3) is 4.06. The van der Waals surface area contributed by atoms with Gasteiger partial charge in [-0.05, 0) is 104 Å². The van der Waals surface area contributed by atoms with E-state index in [0.717, 1.165) is 32.1 Å². The van der Waals surface area contributed by atoms with Crippen LogP contribution in [0.1, 0.15) is 85.0 Å². The van der Waals surface area contributed by atoms with Crippen molar-refractivity contribution in [3.8, 4) is 0 Å². The lowest BCUT2D eigenvalue weighted by molar-refractivity contribution is -0.174. The smallest absolute Gasteiger partial charge is 0.226 e. The van der Waals surface area contributed by atoms with Gasteiger partial charge in [0.25, 0.3) is 0 Å². The maximum absolute atomic E-state index is 12.4. The van der Waals surface area contributed by atoms with Gasteiger partial charge in [0.1, 0.15) is 5.51 Å². The van der Waals surface area contributed by atoms with Crippen LogP contribution in [0.3, 0.4) is 0 Å². The molecule has 6 nitrogen and oxygen atoms in total. The summed E-state index contributed by atoms with van der Waals surface area (Å²) in [6.07, 6.45) is 9.66. The predicted molar refractivity (Wildman–Crippen MR) is 130 cm³/mol. The largest absolute Gasteiger partial charge is 0.393 e. The first-order chi connectivity index (χ1) is 15.7. The van der Waals surface area contributed by atoms with Gasteiger partial charge in [-0.15, -0.1) is 10.2 Å². The van der Waals surface area contributed by atoms with Crippen LogP contribution in [0.15, 0.2) is 5.51 Å². The lowest BCUT2D eigenvalue weighted by Gasteiger charge is -2.62. The fraction of sp³-hybridized carbons (Fsp3) is 0.885. The molecule has 5 rings (SSSR count). The molecule has 33 heavy (non-hydrogen) atoms. The zero-order valence-corrected chi connectivity index (χ0v) is 21.2. The van der Waals surface area contributed by atoms with Crippen LogP contribution in [0.25, 0.3) is 0 Å². The molecule has 1 heterocycles. The van der Waals surface area contributed by atoms with Gasteiger partial charge in [-0.1, -0.05) is 32.1 Å². The normalized spacial score (nSPS) is 45.5. The van der Waals surface area contributed by atoms with Gasteiger partial charge in [0.2, 0.25) is 11.0 Å². The highest BCUT2D eigenvalue weighted by Gasteiger charge is 2.62. The average Bonchev–Trinajstić information content (AvgIpc) is 3.40. The van der Waals surface area contributed by atoms with Gasteiger partial charge < -0.3 is 15.5 Å². The Labute approximate surface area is 202 Å². The van der Waals surface area contributed by atoms with Crippen LogP contribution in [-0.2, 0) is 4.79 Å². The Morgan fingerprint density at radius 3 is 2.67 bits per heavy atom. The van der Waals surface area contributed by atoms with Gasteiger partial charge in [0.15, 0.2) is 0 Å². The minimum atomic E-state index is -0.227. The molecule has 1 aromatic rings. The Kier molecular flexibility index (Phi) is 6.36. The summed E-state index contributed by atoms with van der Waals surface area (Å²) in [5.41, 5.74) is 2.16. The molecule has 1 amide bonds. The van der Waals surface area contributed by atoms with E-state index in [2.05, 4.69) is 36.3 Å². The van der Waals surface area contributed by atoms with Crippen molar-refractivity contribution in [3.05, 3.63) is 5.51 Å². The van der Waals surface area contributed by atoms with Crippen molar-refractivity contribution in [1.82, 2.24) is 10.2 Å². The van der Waals surface area contributed by atoms with Gasteiger partial charge in [-0.2, -0.15) is 0 Å². The van der Waals surface area contributed by atoms with E-state index in [-0.39, 0.29) is 28.9 Å². The molecule has 4 saturated carbocycles. The first-order valence-electron chi connectivity index (χ1n) is 13.1. The van der Waals surface area contributed by atoms with Gasteiger partial charge in [0.05, 0.1) is 12.2 Å². The summed E-state index contributed by atoms with van der Waals surface area (Å²) in [4.78, 5) is 12.4. The molecule has 4 aliphatic rings. The molecule has 4 aliphatic carbocycles. The highest BCUT2D eigenvalue weighted by atomic mass is 32.1. The molecular weight excluding hydrogens is 434 g/mol. The van der Waals surface area contributed by atoms with Gasteiger partial charge in [-0.3, -0.25) is 4.79 Å². The zero-order valence-electron chi connectivity index (χ0n) is 20.4. The monoisotopic (exact) mass is 475 g/mol. The van der Waals surface area contributed by atoms with Crippen LogP contribution >= 0.6 is 11.3 Å².